The fourth-order valence-corrected chi connectivity index (χ4v) is 3.24. The lowest BCUT2D eigenvalue weighted by Crippen LogP contribution is -2.19. The zero-order valence-corrected chi connectivity index (χ0v) is 12.2. The Morgan fingerprint density at radius 3 is 2.95 bits per heavy atom. The number of fused-ring (bicyclic) bond motifs is 1. The molecule has 0 aliphatic rings. The van der Waals surface area contributed by atoms with Crippen molar-refractivity contribution >= 4 is 22.2 Å². The molecule has 2 aromatic heterocycles. The molecule has 0 fully saturated rings. The highest BCUT2D eigenvalue weighted by molar-refractivity contribution is 7.10. The zero-order valence-electron chi connectivity index (χ0n) is 11.4. The molecule has 0 unspecified atom stereocenters. The Morgan fingerprint density at radius 1 is 1.25 bits per heavy atom. The number of rotatable bonds is 5. The number of aromatic nitrogens is 1. The smallest absolute Gasteiger partial charge is 0.132 e. The maximum atomic E-state index is 13.6. The van der Waals surface area contributed by atoms with E-state index in [1.165, 1.54) is 16.5 Å². The molecule has 3 aromatic rings. The molecule has 0 saturated carbocycles. The van der Waals surface area contributed by atoms with Crippen molar-refractivity contribution in [2.45, 2.75) is 20.0 Å². The van der Waals surface area contributed by atoms with Gasteiger partial charge in [0.05, 0.1) is 5.52 Å². The van der Waals surface area contributed by atoms with Gasteiger partial charge in [0, 0.05) is 36.1 Å². The largest absolute Gasteiger partial charge is 0.346 e. The molecule has 0 bridgehead atoms. The zero-order chi connectivity index (χ0) is 13.9. The maximum Gasteiger partial charge on any atom is 0.132 e. The summed E-state index contributed by atoms with van der Waals surface area (Å²) in [5, 5.41) is 6.26. The van der Waals surface area contributed by atoms with Crippen molar-refractivity contribution in [1.29, 1.82) is 0 Å². The molecule has 1 aromatic carbocycles. The fraction of sp³-hybridized carbons (Fsp3) is 0.250. The number of hydrogen-bond acceptors (Lipinski definition) is 2. The molecule has 0 aliphatic heterocycles. The van der Waals surface area contributed by atoms with Gasteiger partial charge in [-0.25, -0.2) is 4.39 Å². The SMILES string of the molecule is Cc1ccsc1CNCCn1ccc2c(F)cccc21. The third-order valence-corrected chi connectivity index (χ3v) is 4.57. The van der Waals surface area contributed by atoms with Crippen molar-refractivity contribution in [2.24, 2.45) is 0 Å². The van der Waals surface area contributed by atoms with Crippen LogP contribution < -0.4 is 5.32 Å². The van der Waals surface area contributed by atoms with E-state index in [-0.39, 0.29) is 5.82 Å². The minimum atomic E-state index is -0.150. The number of aryl methyl sites for hydroxylation is 1. The van der Waals surface area contributed by atoms with Gasteiger partial charge >= 0.3 is 0 Å². The Bertz CT molecular complexity index is 714. The average molecular weight is 288 g/mol. The highest BCUT2D eigenvalue weighted by atomic mass is 32.1. The van der Waals surface area contributed by atoms with E-state index in [0.717, 1.165) is 25.2 Å². The fourth-order valence-electron chi connectivity index (χ4n) is 2.37. The summed E-state index contributed by atoms with van der Waals surface area (Å²) in [7, 11) is 0. The van der Waals surface area contributed by atoms with Crippen LogP contribution in [0.2, 0.25) is 0 Å². The number of nitrogens with zero attached hydrogens (tertiary/aromatic N) is 1. The molecular formula is C16H17FN2S. The minimum Gasteiger partial charge on any atom is -0.346 e. The van der Waals surface area contributed by atoms with Gasteiger partial charge in [-0.2, -0.15) is 0 Å². The Labute approximate surface area is 121 Å². The molecule has 3 rings (SSSR count). The van der Waals surface area contributed by atoms with Gasteiger partial charge in [0.1, 0.15) is 5.82 Å². The Morgan fingerprint density at radius 2 is 2.15 bits per heavy atom. The number of nitrogens with one attached hydrogen (secondary N) is 1. The molecule has 0 amide bonds. The van der Waals surface area contributed by atoms with Gasteiger partial charge < -0.3 is 9.88 Å². The van der Waals surface area contributed by atoms with Crippen molar-refractivity contribution < 1.29 is 4.39 Å². The lowest BCUT2D eigenvalue weighted by molar-refractivity contribution is 0.611. The Hall–Kier alpha value is -1.65. The number of hydrogen-bond donors (Lipinski definition) is 1. The molecule has 2 nitrogen and oxygen atoms in total. The van der Waals surface area contributed by atoms with Gasteiger partial charge in [0.25, 0.3) is 0 Å². The van der Waals surface area contributed by atoms with Crippen LogP contribution in [-0.4, -0.2) is 11.1 Å². The summed E-state index contributed by atoms with van der Waals surface area (Å²) in [6, 6.07) is 9.21. The van der Waals surface area contributed by atoms with Crippen molar-refractivity contribution in [3.8, 4) is 0 Å². The molecule has 2 heterocycles. The lowest BCUT2D eigenvalue weighted by atomic mass is 10.2. The van der Waals surface area contributed by atoms with Crippen LogP contribution in [0.15, 0.2) is 41.9 Å². The van der Waals surface area contributed by atoms with Crippen molar-refractivity contribution in [1.82, 2.24) is 9.88 Å². The van der Waals surface area contributed by atoms with Crippen LogP contribution in [0.1, 0.15) is 10.4 Å². The van der Waals surface area contributed by atoms with Crippen LogP contribution in [0.4, 0.5) is 4.39 Å². The first kappa shape index (κ1) is 13.3. The predicted octanol–water partition coefficient (Wildman–Crippen LogP) is 3.94. The van der Waals surface area contributed by atoms with E-state index >= 15 is 0 Å². The molecular weight excluding hydrogens is 271 g/mol. The molecule has 20 heavy (non-hydrogen) atoms. The highest BCUT2D eigenvalue weighted by Gasteiger charge is 2.04. The van der Waals surface area contributed by atoms with Gasteiger partial charge in [-0.05, 0) is 42.1 Å². The number of thiophene rings is 1. The second kappa shape index (κ2) is 5.77. The summed E-state index contributed by atoms with van der Waals surface area (Å²) in [5.41, 5.74) is 2.30. The first-order chi connectivity index (χ1) is 9.75. The van der Waals surface area contributed by atoms with Gasteiger partial charge in [0.2, 0.25) is 0 Å². The third-order valence-electron chi connectivity index (χ3n) is 3.54. The van der Waals surface area contributed by atoms with E-state index in [1.54, 1.807) is 17.4 Å². The van der Waals surface area contributed by atoms with Crippen molar-refractivity contribution in [3.05, 3.63) is 58.2 Å². The number of benzene rings is 1. The van der Waals surface area contributed by atoms with E-state index < -0.39 is 0 Å². The molecule has 104 valence electrons. The highest BCUT2D eigenvalue weighted by Crippen LogP contribution is 2.19. The molecule has 0 spiro atoms. The van der Waals surface area contributed by atoms with Gasteiger partial charge in [0.15, 0.2) is 0 Å². The molecule has 0 atom stereocenters. The van der Waals surface area contributed by atoms with E-state index in [4.69, 9.17) is 0 Å². The van der Waals surface area contributed by atoms with E-state index in [2.05, 4.69) is 28.3 Å². The van der Waals surface area contributed by atoms with Gasteiger partial charge in [-0.1, -0.05) is 6.07 Å². The van der Waals surface area contributed by atoms with Gasteiger partial charge in [-0.3, -0.25) is 0 Å². The average Bonchev–Trinajstić information content (AvgIpc) is 3.03. The molecule has 0 radical (unpaired) electrons. The summed E-state index contributed by atoms with van der Waals surface area (Å²) in [6.07, 6.45) is 1.95. The normalized spacial score (nSPS) is 11.3. The van der Waals surface area contributed by atoms with E-state index in [1.807, 2.05) is 18.3 Å². The van der Waals surface area contributed by atoms with E-state index in [9.17, 15) is 4.39 Å². The maximum absolute atomic E-state index is 13.6. The van der Waals surface area contributed by atoms with Crippen molar-refractivity contribution in [2.75, 3.05) is 6.54 Å². The van der Waals surface area contributed by atoms with Crippen LogP contribution in [-0.2, 0) is 13.1 Å². The first-order valence-electron chi connectivity index (χ1n) is 6.73. The monoisotopic (exact) mass is 288 g/mol. The molecule has 0 saturated heterocycles. The summed E-state index contributed by atoms with van der Waals surface area (Å²) in [6.45, 7) is 4.75. The van der Waals surface area contributed by atoms with E-state index in [0.29, 0.717) is 5.39 Å². The van der Waals surface area contributed by atoms with Gasteiger partial charge in [-0.15, -0.1) is 11.3 Å². The van der Waals surface area contributed by atoms with Crippen LogP contribution in [0.25, 0.3) is 10.9 Å². The summed E-state index contributed by atoms with van der Waals surface area (Å²) >= 11 is 1.78. The summed E-state index contributed by atoms with van der Waals surface area (Å²) in [5.74, 6) is -0.150. The second-order valence-corrected chi connectivity index (χ2v) is 5.89. The Balaban J connectivity index is 1.60. The quantitative estimate of drug-likeness (QED) is 0.704. The first-order valence-corrected chi connectivity index (χ1v) is 7.61. The topological polar surface area (TPSA) is 17.0 Å². The molecule has 0 aliphatic carbocycles. The van der Waals surface area contributed by atoms with Crippen LogP contribution >= 0.6 is 11.3 Å². The number of halogens is 1. The van der Waals surface area contributed by atoms with Crippen LogP contribution in [0.3, 0.4) is 0 Å². The lowest BCUT2D eigenvalue weighted by Gasteiger charge is -2.07. The third kappa shape index (κ3) is 2.62. The summed E-state index contributed by atoms with van der Waals surface area (Å²) in [4.78, 5) is 1.38. The van der Waals surface area contributed by atoms with Crippen molar-refractivity contribution in [3.63, 3.8) is 0 Å². The minimum absolute atomic E-state index is 0.150. The summed E-state index contributed by atoms with van der Waals surface area (Å²) < 4.78 is 15.7. The molecule has 1 N–H and O–H groups in total. The van der Waals surface area contributed by atoms with Crippen LogP contribution in [0.5, 0.6) is 0 Å². The standard InChI is InChI=1S/C16H17FN2S/c1-12-6-10-20-16(12)11-18-7-9-19-8-5-13-14(17)3-2-4-15(13)19/h2-6,8,10,18H,7,9,11H2,1H3. The predicted molar refractivity (Wildman–Crippen MR) is 82.7 cm³/mol. The van der Waals surface area contributed by atoms with Crippen LogP contribution in [0, 0.1) is 12.7 Å². The Kier molecular flexibility index (Phi) is 3.85. The molecule has 4 heteroatoms. The second-order valence-electron chi connectivity index (χ2n) is 4.89.